The number of benzene rings is 1. The summed E-state index contributed by atoms with van der Waals surface area (Å²) >= 11 is 5.76. The number of hydrogen-bond acceptors (Lipinski definition) is 3. The number of nitrogens with two attached hydrogens (primary N) is 1. The van der Waals surface area contributed by atoms with Gasteiger partial charge in [0.1, 0.15) is 11.6 Å². The Labute approximate surface area is 110 Å². The molecule has 1 aromatic heterocycles. The van der Waals surface area contributed by atoms with Crippen molar-refractivity contribution in [2.75, 3.05) is 0 Å². The molecule has 3 N–H and O–H groups in total. The first kappa shape index (κ1) is 13.0. The average Bonchev–Trinajstić information content (AvgIpc) is 2.75. The van der Waals surface area contributed by atoms with Gasteiger partial charge < -0.3 is 4.57 Å². The highest BCUT2D eigenvalue weighted by Gasteiger charge is 2.14. The Balaban J connectivity index is 2.23. The average molecular weight is 269 g/mol. The van der Waals surface area contributed by atoms with Crippen molar-refractivity contribution in [2.45, 2.75) is 12.5 Å². The molecule has 0 aliphatic heterocycles. The quantitative estimate of drug-likeness (QED) is 0.658. The molecule has 1 heterocycles. The summed E-state index contributed by atoms with van der Waals surface area (Å²) in [4.78, 5) is 4.23. The lowest BCUT2D eigenvalue weighted by Gasteiger charge is -2.16. The number of nitrogens with one attached hydrogen (secondary N) is 1. The van der Waals surface area contributed by atoms with Gasteiger partial charge in [0, 0.05) is 25.9 Å². The second-order valence-electron chi connectivity index (χ2n) is 4.05. The Morgan fingerprint density at radius 3 is 2.89 bits per heavy atom. The minimum Gasteiger partial charge on any atom is -0.338 e. The Morgan fingerprint density at radius 1 is 1.56 bits per heavy atom. The van der Waals surface area contributed by atoms with Gasteiger partial charge in [0.05, 0.1) is 11.1 Å². The maximum Gasteiger partial charge on any atom is 0.141 e. The van der Waals surface area contributed by atoms with Crippen molar-refractivity contribution in [3.05, 3.63) is 52.8 Å². The molecule has 0 fully saturated rings. The number of hydrazine groups is 1. The minimum absolute atomic E-state index is 0.0904. The number of imidazole rings is 1. The van der Waals surface area contributed by atoms with Crippen LogP contribution in [0.2, 0.25) is 5.02 Å². The zero-order chi connectivity index (χ0) is 13.1. The molecule has 1 unspecified atom stereocenters. The molecular weight excluding hydrogens is 255 g/mol. The summed E-state index contributed by atoms with van der Waals surface area (Å²) in [5.41, 5.74) is 3.52. The summed E-state index contributed by atoms with van der Waals surface area (Å²) in [5.74, 6) is 5.99. The Hall–Kier alpha value is -1.43. The van der Waals surface area contributed by atoms with Gasteiger partial charge in [0.15, 0.2) is 0 Å². The molecule has 18 heavy (non-hydrogen) atoms. The van der Waals surface area contributed by atoms with Gasteiger partial charge in [-0.25, -0.2) is 9.37 Å². The van der Waals surface area contributed by atoms with Crippen LogP contribution in [0.4, 0.5) is 4.39 Å². The van der Waals surface area contributed by atoms with Crippen molar-refractivity contribution >= 4 is 11.6 Å². The molecule has 0 radical (unpaired) electrons. The molecular formula is C12H14ClFN4. The number of aryl methyl sites for hydroxylation is 1. The maximum absolute atomic E-state index is 13.1. The monoisotopic (exact) mass is 268 g/mol. The first-order valence-electron chi connectivity index (χ1n) is 5.49. The molecule has 0 bridgehead atoms. The van der Waals surface area contributed by atoms with E-state index in [9.17, 15) is 4.39 Å². The fourth-order valence-corrected chi connectivity index (χ4v) is 1.97. The molecule has 1 aromatic carbocycles. The molecule has 0 aliphatic carbocycles. The molecule has 2 aromatic rings. The summed E-state index contributed by atoms with van der Waals surface area (Å²) in [6, 6.07) is 4.41. The second-order valence-corrected chi connectivity index (χ2v) is 4.46. The lowest BCUT2D eigenvalue weighted by molar-refractivity contribution is 0.528. The zero-order valence-electron chi connectivity index (χ0n) is 9.90. The van der Waals surface area contributed by atoms with Crippen molar-refractivity contribution in [1.82, 2.24) is 15.0 Å². The van der Waals surface area contributed by atoms with Crippen LogP contribution in [0.3, 0.4) is 0 Å². The highest BCUT2D eigenvalue weighted by molar-refractivity contribution is 6.30. The summed E-state index contributed by atoms with van der Waals surface area (Å²) in [6.45, 7) is 0. The minimum atomic E-state index is -0.437. The molecule has 0 spiro atoms. The van der Waals surface area contributed by atoms with Crippen LogP contribution in [0.25, 0.3) is 0 Å². The Bertz CT molecular complexity index is 541. The molecule has 6 heteroatoms. The van der Waals surface area contributed by atoms with E-state index in [0.29, 0.717) is 6.42 Å². The van der Waals surface area contributed by atoms with Crippen LogP contribution in [0.1, 0.15) is 17.4 Å². The van der Waals surface area contributed by atoms with Crippen LogP contribution >= 0.6 is 11.6 Å². The van der Waals surface area contributed by atoms with Crippen LogP contribution in [-0.2, 0) is 13.5 Å². The third-order valence-corrected chi connectivity index (χ3v) is 3.14. The lowest BCUT2D eigenvalue weighted by Crippen LogP contribution is -2.30. The van der Waals surface area contributed by atoms with E-state index < -0.39 is 5.82 Å². The van der Waals surface area contributed by atoms with E-state index in [1.165, 1.54) is 6.07 Å². The summed E-state index contributed by atoms with van der Waals surface area (Å²) in [5, 5.41) is 0.0904. The van der Waals surface area contributed by atoms with E-state index in [4.69, 9.17) is 17.4 Å². The number of nitrogens with zero attached hydrogens (tertiary/aromatic N) is 2. The van der Waals surface area contributed by atoms with Crippen LogP contribution in [0.5, 0.6) is 0 Å². The third kappa shape index (κ3) is 2.69. The second kappa shape index (κ2) is 5.48. The van der Waals surface area contributed by atoms with Gasteiger partial charge in [-0.3, -0.25) is 11.3 Å². The topological polar surface area (TPSA) is 55.9 Å². The van der Waals surface area contributed by atoms with Gasteiger partial charge in [-0.2, -0.15) is 0 Å². The van der Waals surface area contributed by atoms with Gasteiger partial charge in [0.25, 0.3) is 0 Å². The van der Waals surface area contributed by atoms with Crippen LogP contribution < -0.4 is 11.3 Å². The molecule has 0 aliphatic rings. The van der Waals surface area contributed by atoms with Crippen LogP contribution in [0, 0.1) is 5.82 Å². The number of aromatic nitrogens is 2. The van der Waals surface area contributed by atoms with Gasteiger partial charge in [-0.15, -0.1) is 0 Å². The maximum atomic E-state index is 13.1. The number of halogens is 2. The van der Waals surface area contributed by atoms with E-state index in [1.807, 2.05) is 17.8 Å². The first-order valence-corrected chi connectivity index (χ1v) is 5.87. The third-order valence-electron chi connectivity index (χ3n) is 2.85. The van der Waals surface area contributed by atoms with Crippen molar-refractivity contribution in [3.63, 3.8) is 0 Å². The number of rotatable bonds is 4. The van der Waals surface area contributed by atoms with E-state index in [1.54, 1.807) is 18.3 Å². The molecule has 0 saturated carbocycles. The van der Waals surface area contributed by atoms with Gasteiger partial charge in [0.2, 0.25) is 0 Å². The Kier molecular flexibility index (Phi) is 3.96. The van der Waals surface area contributed by atoms with Gasteiger partial charge in [-0.05, 0) is 17.7 Å². The van der Waals surface area contributed by atoms with Crippen molar-refractivity contribution in [2.24, 2.45) is 12.9 Å². The molecule has 0 amide bonds. The Morgan fingerprint density at radius 2 is 2.33 bits per heavy atom. The highest BCUT2D eigenvalue weighted by Crippen LogP contribution is 2.22. The standard InChI is InChI=1S/C12H14ClFN4/c1-18-5-4-16-12(18)7-11(17-15)8-2-3-10(14)9(13)6-8/h2-6,11,17H,7,15H2,1H3. The molecule has 1 atom stereocenters. The predicted octanol–water partition coefficient (Wildman–Crippen LogP) is 1.96. The normalized spacial score (nSPS) is 12.7. The van der Waals surface area contributed by atoms with E-state index >= 15 is 0 Å². The summed E-state index contributed by atoms with van der Waals surface area (Å²) in [7, 11) is 1.91. The summed E-state index contributed by atoms with van der Waals surface area (Å²) in [6.07, 6.45) is 4.18. The SMILES string of the molecule is Cn1ccnc1CC(NN)c1ccc(F)c(Cl)c1. The zero-order valence-corrected chi connectivity index (χ0v) is 10.7. The van der Waals surface area contributed by atoms with Crippen molar-refractivity contribution < 1.29 is 4.39 Å². The van der Waals surface area contributed by atoms with Gasteiger partial charge in [-0.1, -0.05) is 17.7 Å². The van der Waals surface area contributed by atoms with Crippen LogP contribution in [-0.4, -0.2) is 9.55 Å². The summed E-state index contributed by atoms with van der Waals surface area (Å²) < 4.78 is 15.0. The molecule has 96 valence electrons. The largest absolute Gasteiger partial charge is 0.338 e. The van der Waals surface area contributed by atoms with Gasteiger partial charge >= 0.3 is 0 Å². The van der Waals surface area contributed by atoms with Crippen LogP contribution in [0.15, 0.2) is 30.6 Å². The van der Waals surface area contributed by atoms with E-state index in [0.717, 1.165) is 11.4 Å². The fourth-order valence-electron chi connectivity index (χ4n) is 1.78. The lowest BCUT2D eigenvalue weighted by atomic mass is 10.0. The first-order chi connectivity index (χ1) is 8.61. The predicted molar refractivity (Wildman–Crippen MR) is 68.4 cm³/mol. The number of hydrogen-bond donors (Lipinski definition) is 2. The van der Waals surface area contributed by atoms with E-state index in [-0.39, 0.29) is 11.1 Å². The highest BCUT2D eigenvalue weighted by atomic mass is 35.5. The molecule has 2 rings (SSSR count). The fraction of sp³-hybridized carbons (Fsp3) is 0.250. The van der Waals surface area contributed by atoms with Crippen molar-refractivity contribution in [1.29, 1.82) is 0 Å². The molecule has 4 nitrogen and oxygen atoms in total. The van der Waals surface area contributed by atoms with E-state index in [2.05, 4.69) is 10.4 Å². The van der Waals surface area contributed by atoms with Crippen molar-refractivity contribution in [3.8, 4) is 0 Å². The smallest absolute Gasteiger partial charge is 0.141 e. The molecule has 0 saturated heterocycles.